The molecule has 166 valence electrons. The van der Waals surface area contributed by atoms with E-state index in [1.807, 2.05) is 25.1 Å². The number of hydrogen-bond acceptors (Lipinski definition) is 6. The van der Waals surface area contributed by atoms with Gasteiger partial charge in [0.2, 0.25) is 17.7 Å². The fourth-order valence-electron chi connectivity index (χ4n) is 3.81. The number of halogens is 1. The molecule has 31 heavy (non-hydrogen) atoms. The van der Waals surface area contributed by atoms with Gasteiger partial charge in [0.05, 0.1) is 19.3 Å². The summed E-state index contributed by atoms with van der Waals surface area (Å²) in [4.78, 5) is 19.5. The second kappa shape index (κ2) is 9.40. The summed E-state index contributed by atoms with van der Waals surface area (Å²) in [5.74, 6) is 1.04. The zero-order chi connectivity index (χ0) is 21.8. The van der Waals surface area contributed by atoms with Crippen molar-refractivity contribution in [1.29, 1.82) is 0 Å². The first-order valence-electron chi connectivity index (χ1n) is 10.7. The van der Waals surface area contributed by atoms with Gasteiger partial charge in [-0.3, -0.25) is 4.79 Å². The van der Waals surface area contributed by atoms with Gasteiger partial charge in [-0.2, -0.15) is 0 Å². The van der Waals surface area contributed by atoms with Gasteiger partial charge < -0.3 is 19.5 Å². The van der Waals surface area contributed by atoms with E-state index in [0.29, 0.717) is 35.9 Å². The minimum absolute atomic E-state index is 0.0108. The maximum atomic E-state index is 11.0. The fourth-order valence-corrected chi connectivity index (χ4v) is 4.00. The monoisotopic (exact) mass is 445 g/mol. The highest BCUT2D eigenvalue weighted by molar-refractivity contribution is 6.33. The molecule has 0 radical (unpaired) electrons. The van der Waals surface area contributed by atoms with Crippen LogP contribution in [0.2, 0.25) is 5.02 Å². The van der Waals surface area contributed by atoms with Gasteiger partial charge in [0.25, 0.3) is 0 Å². The van der Waals surface area contributed by atoms with Gasteiger partial charge >= 0.3 is 0 Å². The number of amides is 1. The van der Waals surface area contributed by atoms with E-state index in [1.54, 1.807) is 0 Å². The van der Waals surface area contributed by atoms with E-state index >= 15 is 0 Å². The average Bonchev–Trinajstić information content (AvgIpc) is 3.50. The van der Waals surface area contributed by atoms with E-state index in [2.05, 4.69) is 27.4 Å². The Labute approximate surface area is 187 Å². The van der Waals surface area contributed by atoms with Crippen LogP contribution in [0.15, 0.2) is 36.7 Å². The quantitative estimate of drug-likeness (QED) is 0.597. The average molecular weight is 446 g/mol. The van der Waals surface area contributed by atoms with Crippen molar-refractivity contribution in [2.75, 3.05) is 13.2 Å². The third-order valence-corrected chi connectivity index (χ3v) is 6.02. The molecule has 0 aliphatic heterocycles. The summed E-state index contributed by atoms with van der Waals surface area (Å²) in [7, 11) is 0. The molecule has 1 heterocycles. The summed E-state index contributed by atoms with van der Waals surface area (Å²) in [5.41, 5.74) is 0.768. The van der Waals surface area contributed by atoms with Crippen LogP contribution in [-0.4, -0.2) is 41.2 Å². The van der Waals surface area contributed by atoms with Crippen LogP contribution in [0.3, 0.4) is 0 Å². The van der Waals surface area contributed by atoms with Gasteiger partial charge in [-0.25, -0.2) is 9.97 Å². The second-order valence-electron chi connectivity index (χ2n) is 8.47. The maximum absolute atomic E-state index is 11.0. The van der Waals surface area contributed by atoms with E-state index in [4.69, 9.17) is 25.8 Å². The van der Waals surface area contributed by atoms with Gasteiger partial charge in [-0.15, -0.1) is 0 Å². The molecule has 0 spiro atoms. The molecular weight excluding hydrogens is 418 g/mol. The van der Waals surface area contributed by atoms with Crippen molar-refractivity contribution in [2.24, 2.45) is 5.92 Å². The van der Waals surface area contributed by atoms with Gasteiger partial charge in [-0.1, -0.05) is 41.9 Å². The number of aromatic nitrogens is 2. The summed E-state index contributed by atoms with van der Waals surface area (Å²) < 4.78 is 17.9. The molecule has 2 saturated carbocycles. The molecule has 8 heteroatoms. The Morgan fingerprint density at radius 3 is 2.61 bits per heavy atom. The highest BCUT2D eigenvalue weighted by Gasteiger charge is 2.48. The van der Waals surface area contributed by atoms with E-state index in [9.17, 15) is 4.79 Å². The predicted molar refractivity (Wildman–Crippen MR) is 116 cm³/mol. The molecule has 2 aliphatic rings. The van der Waals surface area contributed by atoms with Crippen molar-refractivity contribution < 1.29 is 19.0 Å². The van der Waals surface area contributed by atoms with Crippen LogP contribution < -0.4 is 14.8 Å². The molecule has 4 rings (SSSR count). The lowest BCUT2D eigenvalue weighted by Gasteiger charge is -2.35. The van der Waals surface area contributed by atoms with Crippen LogP contribution in [-0.2, 0) is 15.1 Å². The Bertz CT molecular complexity index is 901. The molecule has 0 saturated heterocycles. The van der Waals surface area contributed by atoms with E-state index < -0.39 is 0 Å². The standard InChI is InChI=1S/C23H28ClN3O4/c1-15(27-16(2)28)12-29-19-10-17(11-19)13-30-21-20(24)22(26-14-25-21)31-23(8-9-23)18-6-4-3-5-7-18/h3-7,14-15,17,19H,8-13H2,1-2H3,(H,27,28)/t15-,17?,19?/m0/s1. The lowest BCUT2D eigenvalue weighted by atomic mass is 9.83. The highest BCUT2D eigenvalue weighted by atomic mass is 35.5. The SMILES string of the molecule is CC(=O)N[C@@H](C)COC1CC(COc2ncnc(OC3(c4ccccc4)CC3)c2Cl)C1. The summed E-state index contributed by atoms with van der Waals surface area (Å²) in [6.45, 7) is 4.47. The number of rotatable bonds is 10. The number of carbonyl (C=O) groups is 1. The van der Waals surface area contributed by atoms with Crippen LogP contribution in [0.1, 0.15) is 45.1 Å². The number of carbonyl (C=O) groups excluding carboxylic acids is 1. The Hall–Kier alpha value is -2.38. The zero-order valence-electron chi connectivity index (χ0n) is 17.8. The van der Waals surface area contributed by atoms with Crippen LogP contribution in [0.4, 0.5) is 0 Å². The summed E-state index contributed by atoms with van der Waals surface area (Å²) in [6.07, 6.45) is 5.31. The molecule has 1 N–H and O–H groups in total. The minimum atomic E-state index is -0.358. The normalized spacial score (nSPS) is 22.2. The largest absolute Gasteiger partial charge is 0.476 e. The topological polar surface area (TPSA) is 82.6 Å². The molecular formula is C23H28ClN3O4. The molecule has 2 aliphatic carbocycles. The van der Waals surface area contributed by atoms with Crippen molar-refractivity contribution in [3.8, 4) is 11.8 Å². The van der Waals surface area contributed by atoms with Crippen molar-refractivity contribution in [1.82, 2.24) is 15.3 Å². The van der Waals surface area contributed by atoms with Crippen LogP contribution in [0.25, 0.3) is 0 Å². The van der Waals surface area contributed by atoms with Crippen molar-refractivity contribution in [3.63, 3.8) is 0 Å². The van der Waals surface area contributed by atoms with Gasteiger partial charge in [0.15, 0.2) is 5.02 Å². The first-order chi connectivity index (χ1) is 14.9. The Balaban J connectivity index is 1.25. The molecule has 0 unspecified atom stereocenters. The number of ether oxygens (including phenoxy) is 3. The maximum Gasteiger partial charge on any atom is 0.240 e. The molecule has 7 nitrogen and oxygen atoms in total. The number of benzene rings is 1. The van der Waals surface area contributed by atoms with Crippen LogP contribution in [0, 0.1) is 5.92 Å². The van der Waals surface area contributed by atoms with E-state index in [1.165, 1.54) is 13.3 Å². The fraction of sp³-hybridized carbons (Fsp3) is 0.522. The highest BCUT2D eigenvalue weighted by Crippen LogP contribution is 2.50. The number of nitrogens with one attached hydrogen (secondary N) is 1. The lowest BCUT2D eigenvalue weighted by molar-refractivity contribution is -0.120. The van der Waals surface area contributed by atoms with Crippen LogP contribution >= 0.6 is 11.6 Å². The number of hydrogen-bond donors (Lipinski definition) is 1. The molecule has 2 aromatic rings. The predicted octanol–water partition coefficient (Wildman–Crippen LogP) is 3.90. The summed E-state index contributed by atoms with van der Waals surface area (Å²) in [6, 6.07) is 10.1. The minimum Gasteiger partial charge on any atom is -0.476 e. The Kier molecular flexibility index (Phi) is 6.62. The summed E-state index contributed by atoms with van der Waals surface area (Å²) in [5, 5.41) is 3.12. The Morgan fingerprint density at radius 2 is 1.94 bits per heavy atom. The first kappa shape index (κ1) is 21.8. The Morgan fingerprint density at radius 1 is 1.23 bits per heavy atom. The van der Waals surface area contributed by atoms with Crippen LogP contribution in [0.5, 0.6) is 11.8 Å². The first-order valence-corrected chi connectivity index (χ1v) is 11.1. The molecule has 1 aromatic heterocycles. The molecule has 1 amide bonds. The van der Waals surface area contributed by atoms with Gasteiger partial charge in [0.1, 0.15) is 11.9 Å². The smallest absolute Gasteiger partial charge is 0.240 e. The molecule has 1 aromatic carbocycles. The summed E-state index contributed by atoms with van der Waals surface area (Å²) >= 11 is 6.50. The van der Waals surface area contributed by atoms with Crippen molar-refractivity contribution >= 4 is 17.5 Å². The van der Waals surface area contributed by atoms with Crippen molar-refractivity contribution in [3.05, 3.63) is 47.2 Å². The third kappa shape index (κ3) is 5.46. The second-order valence-corrected chi connectivity index (χ2v) is 8.84. The van der Waals surface area contributed by atoms with E-state index in [-0.39, 0.29) is 23.7 Å². The third-order valence-electron chi connectivity index (χ3n) is 5.70. The molecule has 1 atom stereocenters. The van der Waals surface area contributed by atoms with E-state index in [0.717, 1.165) is 31.2 Å². The lowest BCUT2D eigenvalue weighted by Crippen LogP contribution is -2.40. The molecule has 2 fully saturated rings. The van der Waals surface area contributed by atoms with Gasteiger partial charge in [-0.05, 0) is 44.1 Å². The van der Waals surface area contributed by atoms with Gasteiger partial charge in [0, 0.05) is 13.0 Å². The molecule has 0 bridgehead atoms. The zero-order valence-corrected chi connectivity index (χ0v) is 18.6. The number of nitrogens with zero attached hydrogens (tertiary/aromatic N) is 2. The van der Waals surface area contributed by atoms with Crippen molar-refractivity contribution in [2.45, 2.75) is 57.3 Å².